The Morgan fingerprint density at radius 2 is 2.33 bits per heavy atom. The lowest BCUT2D eigenvalue weighted by molar-refractivity contribution is 0.108. The largest absolute Gasteiger partial charge is 0.488 e. The highest BCUT2D eigenvalue weighted by atomic mass is 16.5. The van der Waals surface area contributed by atoms with E-state index >= 15 is 0 Å². The van der Waals surface area contributed by atoms with Crippen LogP contribution in [-0.2, 0) is 0 Å². The van der Waals surface area contributed by atoms with Crippen LogP contribution < -0.4 is 4.74 Å². The van der Waals surface area contributed by atoms with Crippen molar-refractivity contribution in [1.29, 1.82) is 0 Å². The lowest BCUT2D eigenvalue weighted by Crippen LogP contribution is -2.33. The van der Waals surface area contributed by atoms with Gasteiger partial charge in [-0.05, 0) is 37.8 Å². The van der Waals surface area contributed by atoms with Gasteiger partial charge in [-0.2, -0.15) is 0 Å². The molecule has 1 aliphatic rings. The number of pyridine rings is 1. The third-order valence-corrected chi connectivity index (χ3v) is 3.96. The van der Waals surface area contributed by atoms with Crippen molar-refractivity contribution in [2.45, 2.75) is 39.7 Å². The highest BCUT2D eigenvalue weighted by Crippen LogP contribution is 2.28. The van der Waals surface area contributed by atoms with Gasteiger partial charge < -0.3 is 14.7 Å². The number of aryl methyl sites for hydroxylation is 1. The molecule has 21 heavy (non-hydrogen) atoms. The number of ether oxygens (including phenoxy) is 1. The molecular formula is C16H24N2O3. The molecule has 1 aromatic rings. The number of aromatic nitrogens is 1. The normalized spacial score (nSPS) is 19.8. The van der Waals surface area contributed by atoms with E-state index in [1.807, 2.05) is 19.1 Å². The quantitative estimate of drug-likeness (QED) is 0.905. The molecule has 1 fully saturated rings. The number of rotatable bonds is 5. The van der Waals surface area contributed by atoms with Gasteiger partial charge in [-0.25, -0.2) is 4.79 Å². The first-order valence-corrected chi connectivity index (χ1v) is 7.53. The number of hydrogen-bond donors (Lipinski definition) is 1. The number of carbonyl (C=O) groups is 1. The monoisotopic (exact) mass is 292 g/mol. The van der Waals surface area contributed by atoms with Gasteiger partial charge in [-0.3, -0.25) is 4.98 Å². The fourth-order valence-corrected chi connectivity index (χ4v) is 2.82. The summed E-state index contributed by atoms with van der Waals surface area (Å²) in [4.78, 5) is 16.8. The van der Waals surface area contributed by atoms with E-state index in [0.717, 1.165) is 24.3 Å². The van der Waals surface area contributed by atoms with Gasteiger partial charge in [0.25, 0.3) is 0 Å². The maximum atomic E-state index is 11.1. The van der Waals surface area contributed by atoms with Crippen LogP contribution in [0.1, 0.15) is 32.4 Å². The molecular weight excluding hydrogens is 268 g/mol. The SMILES string of the molecule is Cc1ncccc1OC(CC(C)C)C1CCN(C(=O)O)C1. The van der Waals surface area contributed by atoms with Crippen molar-refractivity contribution in [2.24, 2.45) is 11.8 Å². The molecule has 1 aromatic heterocycles. The molecule has 5 nitrogen and oxygen atoms in total. The van der Waals surface area contributed by atoms with E-state index in [0.29, 0.717) is 19.0 Å². The molecule has 2 unspecified atom stereocenters. The van der Waals surface area contributed by atoms with Gasteiger partial charge in [0, 0.05) is 25.2 Å². The highest BCUT2D eigenvalue weighted by Gasteiger charge is 2.33. The molecule has 2 heterocycles. The summed E-state index contributed by atoms with van der Waals surface area (Å²) in [6.45, 7) is 7.42. The summed E-state index contributed by atoms with van der Waals surface area (Å²) in [5, 5.41) is 9.10. The second kappa shape index (κ2) is 6.78. The Kier molecular flexibility index (Phi) is 5.04. The van der Waals surface area contributed by atoms with Gasteiger partial charge in [-0.15, -0.1) is 0 Å². The summed E-state index contributed by atoms with van der Waals surface area (Å²) in [7, 11) is 0. The fraction of sp³-hybridized carbons (Fsp3) is 0.625. The molecule has 0 spiro atoms. The van der Waals surface area contributed by atoms with Crippen LogP contribution in [0.15, 0.2) is 18.3 Å². The first-order chi connectivity index (χ1) is 9.97. The Bertz CT molecular complexity index is 490. The number of likely N-dealkylation sites (tertiary alicyclic amines) is 1. The molecule has 2 atom stereocenters. The highest BCUT2D eigenvalue weighted by molar-refractivity contribution is 5.65. The Hall–Kier alpha value is -1.78. The fourth-order valence-electron chi connectivity index (χ4n) is 2.82. The van der Waals surface area contributed by atoms with Crippen LogP contribution in [0.3, 0.4) is 0 Å². The van der Waals surface area contributed by atoms with Crippen LogP contribution in [0.25, 0.3) is 0 Å². The summed E-state index contributed by atoms with van der Waals surface area (Å²) in [5.41, 5.74) is 0.874. The molecule has 2 rings (SSSR count). The lowest BCUT2D eigenvalue weighted by Gasteiger charge is -2.27. The van der Waals surface area contributed by atoms with Crippen LogP contribution in [-0.4, -0.2) is 40.3 Å². The van der Waals surface area contributed by atoms with E-state index in [2.05, 4.69) is 18.8 Å². The standard InChI is InChI=1S/C16H24N2O3/c1-11(2)9-15(13-6-8-18(10-13)16(19)20)21-14-5-4-7-17-12(14)3/h4-5,7,11,13,15H,6,8-10H2,1-3H3,(H,19,20). The van der Waals surface area contributed by atoms with Crippen molar-refractivity contribution in [2.75, 3.05) is 13.1 Å². The molecule has 0 aromatic carbocycles. The second-order valence-electron chi connectivity index (χ2n) is 6.15. The zero-order valence-electron chi connectivity index (χ0n) is 13.0. The Morgan fingerprint density at radius 1 is 1.57 bits per heavy atom. The lowest BCUT2D eigenvalue weighted by atomic mass is 9.93. The molecule has 0 aliphatic carbocycles. The summed E-state index contributed by atoms with van der Waals surface area (Å²) in [6.07, 6.45) is 2.74. The predicted octanol–water partition coefficient (Wildman–Crippen LogP) is 3.18. The molecule has 1 N–H and O–H groups in total. The summed E-state index contributed by atoms with van der Waals surface area (Å²) in [6, 6.07) is 3.80. The third-order valence-electron chi connectivity index (χ3n) is 3.96. The minimum Gasteiger partial charge on any atom is -0.488 e. The van der Waals surface area contributed by atoms with Crippen molar-refractivity contribution in [3.63, 3.8) is 0 Å². The molecule has 1 aliphatic heterocycles. The molecule has 0 saturated carbocycles. The van der Waals surface area contributed by atoms with E-state index < -0.39 is 6.09 Å². The second-order valence-corrected chi connectivity index (χ2v) is 6.15. The molecule has 116 valence electrons. The predicted molar refractivity (Wildman–Crippen MR) is 80.5 cm³/mol. The average molecular weight is 292 g/mol. The number of carboxylic acid groups (broad SMARTS) is 1. The molecule has 5 heteroatoms. The van der Waals surface area contributed by atoms with E-state index in [9.17, 15) is 4.79 Å². The van der Waals surface area contributed by atoms with Gasteiger partial charge >= 0.3 is 6.09 Å². The molecule has 0 radical (unpaired) electrons. The maximum Gasteiger partial charge on any atom is 0.407 e. The third kappa shape index (κ3) is 4.09. The minimum atomic E-state index is -0.835. The molecule has 1 saturated heterocycles. The van der Waals surface area contributed by atoms with Gasteiger partial charge in [0.05, 0.1) is 5.69 Å². The van der Waals surface area contributed by atoms with Crippen LogP contribution in [0.2, 0.25) is 0 Å². The summed E-state index contributed by atoms with van der Waals surface area (Å²) in [5.74, 6) is 1.56. The molecule has 0 bridgehead atoms. The first-order valence-electron chi connectivity index (χ1n) is 7.53. The topological polar surface area (TPSA) is 62.7 Å². The molecule has 1 amide bonds. The number of hydrogen-bond acceptors (Lipinski definition) is 3. The van der Waals surface area contributed by atoms with Crippen molar-refractivity contribution in [3.8, 4) is 5.75 Å². The summed E-state index contributed by atoms with van der Waals surface area (Å²) >= 11 is 0. The smallest absolute Gasteiger partial charge is 0.407 e. The number of nitrogens with zero attached hydrogens (tertiary/aromatic N) is 2. The van der Waals surface area contributed by atoms with Gasteiger partial charge in [0.1, 0.15) is 11.9 Å². The Labute approximate surface area is 125 Å². The number of amides is 1. The van der Waals surface area contributed by atoms with E-state index in [1.165, 1.54) is 4.90 Å². The first kappa shape index (κ1) is 15.6. The minimum absolute atomic E-state index is 0.0391. The van der Waals surface area contributed by atoms with Crippen LogP contribution in [0.4, 0.5) is 4.79 Å². The van der Waals surface area contributed by atoms with E-state index in [-0.39, 0.29) is 12.0 Å². The van der Waals surface area contributed by atoms with Crippen molar-refractivity contribution in [1.82, 2.24) is 9.88 Å². The average Bonchev–Trinajstić information content (AvgIpc) is 2.90. The Balaban J connectivity index is 2.08. The van der Waals surface area contributed by atoms with Crippen LogP contribution in [0, 0.1) is 18.8 Å². The Morgan fingerprint density at radius 3 is 2.90 bits per heavy atom. The van der Waals surface area contributed by atoms with Gasteiger partial charge in [-0.1, -0.05) is 13.8 Å². The summed E-state index contributed by atoms with van der Waals surface area (Å²) < 4.78 is 6.19. The van der Waals surface area contributed by atoms with Gasteiger partial charge in [0.15, 0.2) is 0 Å². The zero-order chi connectivity index (χ0) is 15.4. The van der Waals surface area contributed by atoms with Crippen molar-refractivity contribution < 1.29 is 14.6 Å². The van der Waals surface area contributed by atoms with E-state index in [4.69, 9.17) is 9.84 Å². The van der Waals surface area contributed by atoms with Crippen LogP contribution >= 0.6 is 0 Å². The van der Waals surface area contributed by atoms with Crippen molar-refractivity contribution in [3.05, 3.63) is 24.0 Å². The van der Waals surface area contributed by atoms with Crippen LogP contribution in [0.5, 0.6) is 5.75 Å². The van der Waals surface area contributed by atoms with Gasteiger partial charge in [0.2, 0.25) is 0 Å². The van der Waals surface area contributed by atoms with E-state index in [1.54, 1.807) is 6.20 Å². The van der Waals surface area contributed by atoms with Crippen molar-refractivity contribution >= 4 is 6.09 Å². The zero-order valence-corrected chi connectivity index (χ0v) is 13.0. The maximum absolute atomic E-state index is 11.1.